The molecule has 1 amide bonds. The highest BCUT2D eigenvalue weighted by Crippen LogP contribution is 2.23. The quantitative estimate of drug-likeness (QED) is 0.143. The van der Waals surface area contributed by atoms with Gasteiger partial charge in [-0.2, -0.15) is 0 Å². The Bertz CT molecular complexity index is 1550. The number of benzene rings is 3. The maximum Gasteiger partial charge on any atom is 0.331 e. The van der Waals surface area contributed by atoms with E-state index in [1.165, 1.54) is 16.8 Å². The summed E-state index contributed by atoms with van der Waals surface area (Å²) in [7, 11) is 0. The van der Waals surface area contributed by atoms with E-state index in [4.69, 9.17) is 9.47 Å². The lowest BCUT2D eigenvalue weighted by atomic mass is 10.1. The molecule has 0 spiro atoms. The molecule has 1 N–H and O–H groups in total. The van der Waals surface area contributed by atoms with Crippen molar-refractivity contribution < 1.29 is 14.3 Å². The number of ether oxygens (including phenoxy) is 2. The molecule has 8 nitrogen and oxygen atoms in total. The van der Waals surface area contributed by atoms with Gasteiger partial charge in [-0.3, -0.25) is 14.2 Å². The largest absolute Gasteiger partial charge is 0.494 e. The molecule has 0 aliphatic heterocycles. The summed E-state index contributed by atoms with van der Waals surface area (Å²) in [6, 6.07) is 23.8. The predicted molar refractivity (Wildman–Crippen MR) is 169 cm³/mol. The van der Waals surface area contributed by atoms with Crippen molar-refractivity contribution in [1.82, 2.24) is 9.13 Å². The fraction of sp³-hybridized carbons (Fsp3) is 0.303. The monoisotopic (exact) mass is 633 g/mol. The van der Waals surface area contributed by atoms with Crippen molar-refractivity contribution in [1.29, 1.82) is 0 Å². The maximum atomic E-state index is 12.9. The molecule has 4 rings (SSSR count). The van der Waals surface area contributed by atoms with Crippen molar-refractivity contribution in [3.63, 3.8) is 0 Å². The number of aromatic nitrogens is 2. The summed E-state index contributed by atoms with van der Waals surface area (Å²) in [5.74, 6) is 1.77. The number of rotatable bonds is 15. The zero-order chi connectivity index (χ0) is 29.7. The minimum absolute atomic E-state index is 0.359. The van der Waals surface area contributed by atoms with Crippen molar-refractivity contribution in [2.45, 2.75) is 58.5 Å². The zero-order valence-electron chi connectivity index (χ0n) is 23.8. The van der Waals surface area contributed by atoms with Gasteiger partial charge >= 0.3 is 5.69 Å². The Morgan fingerprint density at radius 2 is 1.36 bits per heavy atom. The third-order valence-corrected chi connectivity index (χ3v) is 7.24. The van der Waals surface area contributed by atoms with Gasteiger partial charge < -0.3 is 19.4 Å². The Balaban J connectivity index is 1.17. The molecular weight excluding hydrogens is 598 g/mol. The number of halogens is 1. The van der Waals surface area contributed by atoms with E-state index in [0.29, 0.717) is 24.6 Å². The molecule has 0 fully saturated rings. The van der Waals surface area contributed by atoms with Gasteiger partial charge in [0.2, 0.25) is 5.91 Å². The van der Waals surface area contributed by atoms with Crippen LogP contribution in [0.25, 0.3) is 0 Å². The standard InChI is InChI=1S/C33H36BrN3O5/c1-25-8-14-29(15-9-25)42-30-18-12-27(13-19-30)35-31(38)24-37-32(39)20-22-36(33(37)40)21-6-4-2-3-5-7-23-41-28-16-10-26(34)11-17-28/h8-20,22H,2-7,21,23-24H2,1H3,(H,35,38). The van der Waals surface area contributed by atoms with E-state index in [1.807, 2.05) is 55.5 Å². The zero-order valence-corrected chi connectivity index (χ0v) is 25.3. The molecule has 0 aliphatic rings. The molecule has 4 aromatic rings. The van der Waals surface area contributed by atoms with E-state index < -0.39 is 17.2 Å². The Kier molecular flexibility index (Phi) is 11.6. The summed E-state index contributed by atoms with van der Waals surface area (Å²) in [5, 5.41) is 2.74. The number of nitrogens with zero attached hydrogens (tertiary/aromatic N) is 2. The third-order valence-electron chi connectivity index (χ3n) is 6.71. The first-order valence-corrected chi connectivity index (χ1v) is 15.0. The van der Waals surface area contributed by atoms with Crippen molar-refractivity contribution >= 4 is 27.5 Å². The van der Waals surface area contributed by atoms with E-state index in [2.05, 4.69) is 21.2 Å². The number of anilines is 1. The molecule has 0 radical (unpaired) electrons. The van der Waals surface area contributed by atoms with E-state index in [0.717, 1.165) is 64.6 Å². The normalized spacial score (nSPS) is 10.8. The lowest BCUT2D eigenvalue weighted by Crippen LogP contribution is -2.41. The Hall–Kier alpha value is -4.11. The lowest BCUT2D eigenvalue weighted by Gasteiger charge is -2.11. The average Bonchev–Trinajstić information content (AvgIpc) is 2.98. The molecule has 0 atom stereocenters. The molecule has 0 unspecified atom stereocenters. The van der Waals surface area contributed by atoms with Crippen LogP contribution in [0.2, 0.25) is 0 Å². The van der Waals surface area contributed by atoms with Gasteiger partial charge in [-0.05, 0) is 80.4 Å². The number of carbonyl (C=O) groups is 1. The highest BCUT2D eigenvalue weighted by Gasteiger charge is 2.11. The molecule has 9 heteroatoms. The van der Waals surface area contributed by atoms with Gasteiger partial charge in [-0.1, -0.05) is 59.3 Å². The highest BCUT2D eigenvalue weighted by molar-refractivity contribution is 9.10. The van der Waals surface area contributed by atoms with Crippen LogP contribution in [0.15, 0.2) is 99.1 Å². The second-order valence-corrected chi connectivity index (χ2v) is 11.0. The summed E-state index contributed by atoms with van der Waals surface area (Å²) < 4.78 is 15.1. The molecule has 0 bridgehead atoms. The topological polar surface area (TPSA) is 91.6 Å². The van der Waals surface area contributed by atoms with E-state index >= 15 is 0 Å². The lowest BCUT2D eigenvalue weighted by molar-refractivity contribution is -0.116. The minimum atomic E-state index is -0.501. The molecule has 3 aromatic carbocycles. The van der Waals surface area contributed by atoms with E-state index in [9.17, 15) is 14.4 Å². The number of carbonyl (C=O) groups excluding carboxylic acids is 1. The van der Waals surface area contributed by atoms with Gasteiger partial charge in [0.25, 0.3) is 5.56 Å². The highest BCUT2D eigenvalue weighted by atomic mass is 79.9. The summed E-state index contributed by atoms with van der Waals surface area (Å²) in [4.78, 5) is 37.9. The van der Waals surface area contributed by atoms with Crippen LogP contribution in [0, 0.1) is 6.92 Å². The third kappa shape index (κ3) is 9.76. The summed E-state index contributed by atoms with van der Waals surface area (Å²) in [6.07, 6.45) is 7.53. The number of hydrogen-bond donors (Lipinski definition) is 1. The average molecular weight is 635 g/mol. The molecule has 1 heterocycles. The van der Waals surface area contributed by atoms with Crippen LogP contribution in [-0.2, 0) is 17.9 Å². The molecule has 0 aliphatic carbocycles. The summed E-state index contributed by atoms with van der Waals surface area (Å²) in [5.41, 5.74) is 0.704. The van der Waals surface area contributed by atoms with Crippen LogP contribution in [0.3, 0.4) is 0 Å². The second kappa shape index (κ2) is 15.8. The summed E-state index contributed by atoms with van der Waals surface area (Å²) in [6.45, 7) is 2.84. The van der Waals surface area contributed by atoms with Gasteiger partial charge in [-0.25, -0.2) is 4.79 Å². The molecule has 220 valence electrons. The van der Waals surface area contributed by atoms with Crippen molar-refractivity contribution in [2.24, 2.45) is 0 Å². The number of nitrogens with one attached hydrogen (secondary N) is 1. The van der Waals surface area contributed by atoms with Gasteiger partial charge in [0.05, 0.1) is 6.61 Å². The first kappa shape index (κ1) is 30.8. The smallest absolute Gasteiger partial charge is 0.331 e. The molecule has 0 saturated heterocycles. The molecule has 0 saturated carbocycles. The van der Waals surface area contributed by atoms with Gasteiger partial charge in [0.15, 0.2) is 0 Å². The van der Waals surface area contributed by atoms with Crippen molar-refractivity contribution in [3.05, 3.63) is 116 Å². The fourth-order valence-corrected chi connectivity index (χ4v) is 4.64. The fourth-order valence-electron chi connectivity index (χ4n) is 4.38. The number of amides is 1. The van der Waals surface area contributed by atoms with E-state index in [-0.39, 0.29) is 6.54 Å². The van der Waals surface area contributed by atoms with Gasteiger partial charge in [-0.15, -0.1) is 0 Å². The predicted octanol–water partition coefficient (Wildman–Crippen LogP) is 6.93. The Labute approximate surface area is 254 Å². The Morgan fingerprint density at radius 1 is 0.762 bits per heavy atom. The first-order valence-electron chi connectivity index (χ1n) is 14.2. The maximum absolute atomic E-state index is 12.9. The SMILES string of the molecule is Cc1ccc(Oc2ccc(NC(=O)Cn3c(=O)ccn(CCCCCCCCOc4ccc(Br)cc4)c3=O)cc2)cc1. The number of unbranched alkanes of at least 4 members (excludes halogenated alkanes) is 5. The summed E-state index contributed by atoms with van der Waals surface area (Å²) >= 11 is 3.42. The minimum Gasteiger partial charge on any atom is -0.494 e. The van der Waals surface area contributed by atoms with Crippen LogP contribution in [-0.4, -0.2) is 21.6 Å². The van der Waals surface area contributed by atoms with Crippen molar-refractivity contribution in [3.8, 4) is 17.2 Å². The molecular formula is C33H36BrN3O5. The van der Waals surface area contributed by atoms with Crippen LogP contribution < -0.4 is 26.0 Å². The van der Waals surface area contributed by atoms with Crippen molar-refractivity contribution in [2.75, 3.05) is 11.9 Å². The first-order chi connectivity index (χ1) is 20.4. The van der Waals surface area contributed by atoms with E-state index in [1.54, 1.807) is 24.3 Å². The molecule has 42 heavy (non-hydrogen) atoms. The van der Waals surface area contributed by atoms with Crippen LogP contribution in [0.1, 0.15) is 44.1 Å². The van der Waals surface area contributed by atoms with Gasteiger partial charge in [0.1, 0.15) is 23.8 Å². The number of aryl methyl sites for hydroxylation is 2. The van der Waals surface area contributed by atoms with Gasteiger partial charge in [0, 0.05) is 29.0 Å². The van der Waals surface area contributed by atoms with Crippen LogP contribution >= 0.6 is 15.9 Å². The number of hydrogen-bond acceptors (Lipinski definition) is 5. The molecule has 1 aromatic heterocycles. The Morgan fingerprint density at radius 3 is 2.05 bits per heavy atom. The van der Waals surface area contributed by atoms with Crippen LogP contribution in [0.5, 0.6) is 17.2 Å². The second-order valence-electron chi connectivity index (χ2n) is 10.1. The van der Waals surface area contributed by atoms with Crippen LogP contribution in [0.4, 0.5) is 5.69 Å².